The Morgan fingerprint density at radius 1 is 1.54 bits per heavy atom. The number of H-pyrrole nitrogens is 1. The SMILES string of the molecule is CNc1cc(C)sc1-c1nn[nH]n1. The minimum atomic E-state index is 0.641. The molecule has 0 aliphatic heterocycles. The van der Waals surface area contributed by atoms with E-state index in [1.165, 1.54) is 4.88 Å². The lowest BCUT2D eigenvalue weighted by atomic mass is 10.3. The highest BCUT2D eigenvalue weighted by Crippen LogP contribution is 2.33. The molecule has 2 aromatic heterocycles. The van der Waals surface area contributed by atoms with Crippen LogP contribution in [0.4, 0.5) is 5.69 Å². The second-order valence-corrected chi connectivity index (χ2v) is 3.84. The van der Waals surface area contributed by atoms with E-state index < -0.39 is 0 Å². The number of aromatic nitrogens is 4. The van der Waals surface area contributed by atoms with Gasteiger partial charge in [-0.1, -0.05) is 0 Å². The topological polar surface area (TPSA) is 66.5 Å². The maximum absolute atomic E-state index is 3.93. The van der Waals surface area contributed by atoms with Crippen molar-refractivity contribution in [3.8, 4) is 10.7 Å². The zero-order valence-corrected chi connectivity index (χ0v) is 8.14. The number of anilines is 1. The van der Waals surface area contributed by atoms with Gasteiger partial charge in [-0.15, -0.1) is 21.5 Å². The van der Waals surface area contributed by atoms with E-state index in [0.717, 1.165) is 10.6 Å². The zero-order valence-electron chi connectivity index (χ0n) is 7.33. The van der Waals surface area contributed by atoms with Gasteiger partial charge >= 0.3 is 0 Å². The van der Waals surface area contributed by atoms with Crippen molar-refractivity contribution in [2.75, 3.05) is 12.4 Å². The van der Waals surface area contributed by atoms with Crippen LogP contribution in [-0.4, -0.2) is 27.7 Å². The summed E-state index contributed by atoms with van der Waals surface area (Å²) < 4.78 is 0. The molecule has 0 spiro atoms. The second-order valence-electron chi connectivity index (χ2n) is 2.59. The Kier molecular flexibility index (Phi) is 1.97. The summed E-state index contributed by atoms with van der Waals surface area (Å²) in [6, 6.07) is 2.07. The minimum Gasteiger partial charge on any atom is -0.387 e. The van der Waals surface area contributed by atoms with Crippen LogP contribution >= 0.6 is 11.3 Å². The van der Waals surface area contributed by atoms with Crippen molar-refractivity contribution < 1.29 is 0 Å². The van der Waals surface area contributed by atoms with Gasteiger partial charge in [0.1, 0.15) is 0 Å². The molecule has 0 bridgehead atoms. The summed E-state index contributed by atoms with van der Waals surface area (Å²) >= 11 is 1.65. The number of hydrogen-bond donors (Lipinski definition) is 2. The van der Waals surface area contributed by atoms with Gasteiger partial charge in [-0.3, -0.25) is 0 Å². The molecule has 0 aromatic carbocycles. The molecule has 2 rings (SSSR count). The van der Waals surface area contributed by atoms with E-state index in [-0.39, 0.29) is 0 Å². The first-order valence-electron chi connectivity index (χ1n) is 3.83. The van der Waals surface area contributed by atoms with Crippen molar-refractivity contribution in [1.29, 1.82) is 0 Å². The number of nitrogens with one attached hydrogen (secondary N) is 2. The number of aryl methyl sites for hydroxylation is 1. The van der Waals surface area contributed by atoms with Gasteiger partial charge < -0.3 is 5.32 Å². The molecular formula is C7H9N5S. The van der Waals surface area contributed by atoms with Gasteiger partial charge in [0.25, 0.3) is 0 Å². The standard InChI is InChI=1S/C7H9N5S/c1-4-3-5(8-2)6(13-4)7-9-11-12-10-7/h3,8H,1-2H3,(H,9,10,11,12). The molecule has 0 unspecified atom stereocenters. The molecule has 0 radical (unpaired) electrons. The molecule has 0 atom stereocenters. The Hall–Kier alpha value is -1.43. The van der Waals surface area contributed by atoms with Crippen LogP contribution in [0.5, 0.6) is 0 Å². The van der Waals surface area contributed by atoms with Crippen LogP contribution in [-0.2, 0) is 0 Å². The fourth-order valence-electron chi connectivity index (χ4n) is 1.12. The fraction of sp³-hybridized carbons (Fsp3) is 0.286. The summed E-state index contributed by atoms with van der Waals surface area (Å²) in [4.78, 5) is 2.25. The Labute approximate surface area is 79.2 Å². The predicted octanol–water partition coefficient (Wildman–Crippen LogP) is 1.28. The molecule has 2 N–H and O–H groups in total. The molecule has 13 heavy (non-hydrogen) atoms. The van der Waals surface area contributed by atoms with E-state index in [4.69, 9.17) is 0 Å². The lowest BCUT2D eigenvalue weighted by molar-refractivity contribution is 0.881. The molecule has 2 aromatic rings. The van der Waals surface area contributed by atoms with Gasteiger partial charge in [-0.2, -0.15) is 5.21 Å². The Bertz CT molecular complexity index is 391. The zero-order chi connectivity index (χ0) is 9.26. The van der Waals surface area contributed by atoms with Gasteiger partial charge in [-0.05, 0) is 18.2 Å². The largest absolute Gasteiger partial charge is 0.387 e. The van der Waals surface area contributed by atoms with Crippen molar-refractivity contribution in [2.24, 2.45) is 0 Å². The fourth-order valence-corrected chi connectivity index (χ4v) is 2.07. The molecule has 2 heterocycles. The third-order valence-electron chi connectivity index (χ3n) is 1.67. The van der Waals surface area contributed by atoms with Gasteiger partial charge in [0.05, 0.1) is 10.6 Å². The van der Waals surface area contributed by atoms with E-state index in [0.29, 0.717) is 5.82 Å². The molecule has 0 aliphatic carbocycles. The summed E-state index contributed by atoms with van der Waals surface area (Å²) in [5.41, 5.74) is 1.05. The van der Waals surface area contributed by atoms with Crippen molar-refractivity contribution in [3.05, 3.63) is 10.9 Å². The summed E-state index contributed by atoms with van der Waals surface area (Å²) in [5.74, 6) is 0.641. The average molecular weight is 195 g/mol. The highest BCUT2D eigenvalue weighted by Gasteiger charge is 2.11. The van der Waals surface area contributed by atoms with E-state index in [1.807, 2.05) is 7.05 Å². The lowest BCUT2D eigenvalue weighted by Crippen LogP contribution is -1.88. The average Bonchev–Trinajstić information content (AvgIpc) is 2.71. The van der Waals surface area contributed by atoms with E-state index >= 15 is 0 Å². The highest BCUT2D eigenvalue weighted by atomic mass is 32.1. The van der Waals surface area contributed by atoms with E-state index in [9.17, 15) is 0 Å². The van der Waals surface area contributed by atoms with E-state index in [1.54, 1.807) is 11.3 Å². The third kappa shape index (κ3) is 1.40. The number of tetrazole rings is 1. The first kappa shape index (κ1) is 8.18. The molecule has 0 fully saturated rings. The lowest BCUT2D eigenvalue weighted by Gasteiger charge is -1.95. The Morgan fingerprint density at radius 3 is 3.00 bits per heavy atom. The van der Waals surface area contributed by atoms with Crippen LogP contribution in [0.15, 0.2) is 6.07 Å². The number of nitrogens with zero attached hydrogens (tertiary/aromatic N) is 3. The predicted molar refractivity (Wildman–Crippen MR) is 51.8 cm³/mol. The summed E-state index contributed by atoms with van der Waals surface area (Å²) in [6.07, 6.45) is 0. The molecule has 0 amide bonds. The molecule has 0 saturated heterocycles. The maximum Gasteiger partial charge on any atom is 0.216 e. The molecular weight excluding hydrogens is 186 g/mol. The van der Waals surface area contributed by atoms with Crippen LogP contribution in [0.1, 0.15) is 4.88 Å². The van der Waals surface area contributed by atoms with Gasteiger partial charge in [0, 0.05) is 11.9 Å². The van der Waals surface area contributed by atoms with Gasteiger partial charge in [-0.25, -0.2) is 0 Å². The van der Waals surface area contributed by atoms with Crippen molar-refractivity contribution in [3.63, 3.8) is 0 Å². The Balaban J connectivity index is 2.50. The highest BCUT2D eigenvalue weighted by molar-refractivity contribution is 7.16. The summed E-state index contributed by atoms with van der Waals surface area (Å²) in [7, 11) is 1.88. The number of thiophene rings is 1. The van der Waals surface area contributed by atoms with Crippen molar-refractivity contribution in [1.82, 2.24) is 20.6 Å². The minimum absolute atomic E-state index is 0.641. The van der Waals surface area contributed by atoms with Crippen molar-refractivity contribution in [2.45, 2.75) is 6.92 Å². The monoisotopic (exact) mass is 195 g/mol. The first-order valence-corrected chi connectivity index (χ1v) is 4.65. The van der Waals surface area contributed by atoms with Crippen LogP contribution in [0.3, 0.4) is 0 Å². The van der Waals surface area contributed by atoms with Gasteiger partial charge in [0.15, 0.2) is 0 Å². The maximum atomic E-state index is 3.93. The summed E-state index contributed by atoms with van der Waals surface area (Å²) in [6.45, 7) is 2.05. The molecule has 0 saturated carbocycles. The van der Waals surface area contributed by atoms with Crippen LogP contribution in [0.25, 0.3) is 10.7 Å². The van der Waals surface area contributed by atoms with Crippen LogP contribution in [0.2, 0.25) is 0 Å². The molecule has 5 nitrogen and oxygen atoms in total. The first-order chi connectivity index (χ1) is 6.31. The molecule has 6 heteroatoms. The third-order valence-corrected chi connectivity index (χ3v) is 2.72. The number of aromatic amines is 1. The number of hydrogen-bond acceptors (Lipinski definition) is 5. The quantitative estimate of drug-likeness (QED) is 0.757. The smallest absolute Gasteiger partial charge is 0.216 e. The van der Waals surface area contributed by atoms with Crippen LogP contribution < -0.4 is 5.32 Å². The molecule has 0 aliphatic rings. The second kappa shape index (κ2) is 3.14. The number of rotatable bonds is 2. The normalized spacial score (nSPS) is 10.3. The van der Waals surface area contributed by atoms with Gasteiger partial charge in [0.2, 0.25) is 5.82 Å². The van der Waals surface area contributed by atoms with Crippen LogP contribution in [0, 0.1) is 6.92 Å². The Morgan fingerprint density at radius 2 is 2.38 bits per heavy atom. The van der Waals surface area contributed by atoms with Crippen molar-refractivity contribution >= 4 is 17.0 Å². The molecule has 68 valence electrons. The summed E-state index contributed by atoms with van der Waals surface area (Å²) in [5, 5.41) is 16.9. The van der Waals surface area contributed by atoms with E-state index in [2.05, 4.69) is 38.9 Å².